The van der Waals surface area contributed by atoms with E-state index in [1.807, 2.05) is 0 Å². The van der Waals surface area contributed by atoms with Crippen LogP contribution in [0.3, 0.4) is 0 Å². The summed E-state index contributed by atoms with van der Waals surface area (Å²) in [5.41, 5.74) is 0. The van der Waals surface area contributed by atoms with E-state index in [2.05, 4.69) is 6.92 Å². The van der Waals surface area contributed by atoms with Crippen molar-refractivity contribution in [2.45, 2.75) is 45.4 Å². The van der Waals surface area contributed by atoms with Gasteiger partial charge in [-0.2, -0.15) is 0 Å². The number of carbonyl (C=O) groups is 1. The molecule has 4 unspecified atom stereocenters. The Kier molecular flexibility index (Phi) is 2.80. The van der Waals surface area contributed by atoms with Gasteiger partial charge in [-0.05, 0) is 49.9 Å². The minimum absolute atomic E-state index is 0.0374. The molecule has 0 aromatic rings. The normalized spacial score (nSPS) is 42.9. The van der Waals surface area contributed by atoms with Gasteiger partial charge in [0.25, 0.3) is 0 Å². The predicted octanol–water partition coefficient (Wildman–Crippen LogP) is 2.92. The molecule has 0 aromatic carbocycles. The summed E-state index contributed by atoms with van der Waals surface area (Å²) in [4.78, 5) is 10.9. The standard InChI is InChI=1S/C12H20O2/c1-8-2-3-10-7-11(12(13)14)5-4-9(10)6-8/h8-11H,2-7H2,1H3,(H,13,14). The molecular formula is C12H20O2. The molecule has 0 heterocycles. The summed E-state index contributed by atoms with van der Waals surface area (Å²) in [6, 6.07) is 0. The van der Waals surface area contributed by atoms with E-state index in [1.54, 1.807) is 0 Å². The first-order chi connectivity index (χ1) is 6.66. The van der Waals surface area contributed by atoms with Crippen molar-refractivity contribution in [1.82, 2.24) is 0 Å². The number of carboxylic acid groups (broad SMARTS) is 1. The fourth-order valence-corrected chi connectivity index (χ4v) is 3.35. The predicted molar refractivity (Wildman–Crippen MR) is 55.0 cm³/mol. The number of hydrogen-bond acceptors (Lipinski definition) is 1. The van der Waals surface area contributed by atoms with E-state index in [-0.39, 0.29) is 5.92 Å². The van der Waals surface area contributed by atoms with Crippen LogP contribution in [-0.2, 0) is 4.79 Å². The van der Waals surface area contributed by atoms with Gasteiger partial charge in [-0.15, -0.1) is 0 Å². The Morgan fingerprint density at radius 3 is 2.43 bits per heavy atom. The Morgan fingerprint density at radius 2 is 1.71 bits per heavy atom. The van der Waals surface area contributed by atoms with Crippen molar-refractivity contribution in [2.24, 2.45) is 23.7 Å². The maximum atomic E-state index is 10.9. The van der Waals surface area contributed by atoms with Crippen LogP contribution >= 0.6 is 0 Å². The van der Waals surface area contributed by atoms with Gasteiger partial charge >= 0.3 is 5.97 Å². The lowest BCUT2D eigenvalue weighted by Crippen LogP contribution is -2.33. The zero-order valence-electron chi connectivity index (χ0n) is 8.91. The van der Waals surface area contributed by atoms with Crippen molar-refractivity contribution in [3.63, 3.8) is 0 Å². The van der Waals surface area contributed by atoms with E-state index in [4.69, 9.17) is 5.11 Å². The average Bonchev–Trinajstić information content (AvgIpc) is 2.16. The quantitative estimate of drug-likeness (QED) is 0.700. The van der Waals surface area contributed by atoms with Crippen molar-refractivity contribution >= 4 is 5.97 Å². The fraction of sp³-hybridized carbons (Fsp3) is 0.917. The summed E-state index contributed by atoms with van der Waals surface area (Å²) >= 11 is 0. The first-order valence-corrected chi connectivity index (χ1v) is 5.89. The van der Waals surface area contributed by atoms with Crippen LogP contribution in [0.2, 0.25) is 0 Å². The Hall–Kier alpha value is -0.530. The zero-order valence-corrected chi connectivity index (χ0v) is 8.91. The van der Waals surface area contributed by atoms with Gasteiger partial charge < -0.3 is 5.11 Å². The molecule has 2 aliphatic rings. The van der Waals surface area contributed by atoms with E-state index in [0.717, 1.165) is 37.0 Å². The highest BCUT2D eigenvalue weighted by Crippen LogP contribution is 2.44. The SMILES string of the molecule is CC1CCC2CC(C(=O)O)CCC2C1. The second kappa shape index (κ2) is 3.92. The molecule has 2 aliphatic carbocycles. The van der Waals surface area contributed by atoms with Crippen molar-refractivity contribution in [1.29, 1.82) is 0 Å². The minimum atomic E-state index is -0.568. The number of aliphatic carboxylic acids is 1. The van der Waals surface area contributed by atoms with Crippen LogP contribution in [0.1, 0.15) is 45.4 Å². The molecule has 2 saturated carbocycles. The van der Waals surface area contributed by atoms with Gasteiger partial charge in [0.2, 0.25) is 0 Å². The first kappa shape index (κ1) is 10.0. The van der Waals surface area contributed by atoms with E-state index >= 15 is 0 Å². The van der Waals surface area contributed by atoms with Crippen LogP contribution in [0, 0.1) is 23.7 Å². The van der Waals surface area contributed by atoms with Gasteiger partial charge in [0.15, 0.2) is 0 Å². The number of hydrogen-bond donors (Lipinski definition) is 1. The van der Waals surface area contributed by atoms with Gasteiger partial charge in [0, 0.05) is 0 Å². The van der Waals surface area contributed by atoms with E-state index in [0.29, 0.717) is 0 Å². The maximum absolute atomic E-state index is 10.9. The second-order valence-corrected chi connectivity index (χ2v) is 5.29. The molecule has 2 heteroatoms. The molecular weight excluding hydrogens is 176 g/mol. The van der Waals surface area contributed by atoms with Gasteiger partial charge in [0.05, 0.1) is 5.92 Å². The summed E-state index contributed by atoms with van der Waals surface area (Å²) in [5, 5.41) is 8.98. The molecule has 0 amide bonds. The average molecular weight is 196 g/mol. The van der Waals surface area contributed by atoms with Crippen LogP contribution in [0.15, 0.2) is 0 Å². The Bertz CT molecular complexity index is 224. The molecule has 14 heavy (non-hydrogen) atoms. The third-order valence-corrected chi connectivity index (χ3v) is 4.22. The molecule has 0 bridgehead atoms. The topological polar surface area (TPSA) is 37.3 Å². The molecule has 0 aliphatic heterocycles. The molecule has 0 spiro atoms. The number of fused-ring (bicyclic) bond motifs is 1. The van der Waals surface area contributed by atoms with Gasteiger partial charge in [-0.1, -0.05) is 13.3 Å². The van der Waals surface area contributed by atoms with E-state index in [9.17, 15) is 4.79 Å². The lowest BCUT2D eigenvalue weighted by Gasteiger charge is -2.40. The highest BCUT2D eigenvalue weighted by atomic mass is 16.4. The molecule has 2 rings (SSSR count). The largest absolute Gasteiger partial charge is 0.481 e. The first-order valence-electron chi connectivity index (χ1n) is 5.89. The van der Waals surface area contributed by atoms with Crippen LogP contribution in [0.25, 0.3) is 0 Å². The molecule has 4 atom stereocenters. The lowest BCUT2D eigenvalue weighted by atomic mass is 9.65. The van der Waals surface area contributed by atoms with E-state index < -0.39 is 5.97 Å². The zero-order chi connectivity index (χ0) is 10.1. The Balaban J connectivity index is 1.94. The summed E-state index contributed by atoms with van der Waals surface area (Å²) in [6.07, 6.45) is 6.96. The molecule has 0 radical (unpaired) electrons. The molecule has 80 valence electrons. The monoisotopic (exact) mass is 196 g/mol. The summed E-state index contributed by atoms with van der Waals surface area (Å²) < 4.78 is 0. The molecule has 2 fully saturated rings. The molecule has 2 nitrogen and oxygen atoms in total. The van der Waals surface area contributed by atoms with Crippen molar-refractivity contribution in [2.75, 3.05) is 0 Å². The molecule has 0 aromatic heterocycles. The number of rotatable bonds is 1. The van der Waals surface area contributed by atoms with Gasteiger partial charge in [-0.25, -0.2) is 0 Å². The number of carboxylic acids is 1. The van der Waals surface area contributed by atoms with Crippen molar-refractivity contribution in [3.05, 3.63) is 0 Å². The molecule has 1 N–H and O–H groups in total. The Morgan fingerprint density at radius 1 is 1.07 bits per heavy atom. The van der Waals surface area contributed by atoms with E-state index in [1.165, 1.54) is 19.3 Å². The van der Waals surface area contributed by atoms with Crippen LogP contribution in [0.4, 0.5) is 0 Å². The summed E-state index contributed by atoms with van der Waals surface area (Å²) in [7, 11) is 0. The van der Waals surface area contributed by atoms with Crippen LogP contribution < -0.4 is 0 Å². The highest BCUT2D eigenvalue weighted by molar-refractivity contribution is 5.70. The van der Waals surface area contributed by atoms with Gasteiger partial charge in [-0.3, -0.25) is 4.79 Å². The lowest BCUT2D eigenvalue weighted by molar-refractivity contribution is -0.144. The smallest absolute Gasteiger partial charge is 0.306 e. The Labute approximate surface area is 85.7 Å². The summed E-state index contributed by atoms with van der Waals surface area (Å²) in [5.74, 6) is 1.83. The third-order valence-electron chi connectivity index (χ3n) is 4.22. The highest BCUT2D eigenvalue weighted by Gasteiger charge is 2.36. The third kappa shape index (κ3) is 1.94. The van der Waals surface area contributed by atoms with Gasteiger partial charge in [0.1, 0.15) is 0 Å². The van der Waals surface area contributed by atoms with Crippen molar-refractivity contribution < 1.29 is 9.90 Å². The second-order valence-electron chi connectivity index (χ2n) is 5.29. The minimum Gasteiger partial charge on any atom is -0.481 e. The van der Waals surface area contributed by atoms with Crippen LogP contribution in [0.5, 0.6) is 0 Å². The van der Waals surface area contributed by atoms with Crippen molar-refractivity contribution in [3.8, 4) is 0 Å². The maximum Gasteiger partial charge on any atom is 0.306 e. The summed E-state index contributed by atoms with van der Waals surface area (Å²) in [6.45, 7) is 2.33. The molecule has 0 saturated heterocycles. The van der Waals surface area contributed by atoms with Crippen LogP contribution in [-0.4, -0.2) is 11.1 Å². The fourth-order valence-electron chi connectivity index (χ4n) is 3.35.